The molecule has 8 rings (SSSR count). The maximum atomic E-state index is 14.6. The molecule has 11 heteroatoms. The van der Waals surface area contributed by atoms with Gasteiger partial charge in [0.1, 0.15) is 18.6 Å². The van der Waals surface area contributed by atoms with Gasteiger partial charge in [-0.1, -0.05) is 30.3 Å². The average molecular weight is 667 g/mol. The molecule has 2 saturated heterocycles. The lowest BCUT2D eigenvalue weighted by Gasteiger charge is -2.49. The number of benzene rings is 1. The van der Waals surface area contributed by atoms with E-state index in [1.807, 2.05) is 18.2 Å². The van der Waals surface area contributed by atoms with Gasteiger partial charge in [0.2, 0.25) is 5.88 Å². The predicted octanol–water partition coefficient (Wildman–Crippen LogP) is 4.71. The lowest BCUT2D eigenvalue weighted by Crippen LogP contribution is -2.51. The van der Waals surface area contributed by atoms with Gasteiger partial charge in [-0.2, -0.15) is 9.97 Å². The standard InChI is InChI=1S/C38H47FN8O2/c1-45-24-29-33(21-38(45)15-6-10-26-9-3-4-11-30(26)38)43-36(49-25-37-14-7-18-47(37)22-27(39)20-37)44-35(29)46-17-8-16-41-28(23-46)19-31(40)32-12-5-13-34(42-32)48-2/h3-5,9,11-13,19,27H,6-8,10,14-18,20-25,40H2,1-2H3/b31-19-/t27-,37+,38+/m1/s1. The molecule has 0 saturated carbocycles. The van der Waals surface area contributed by atoms with Gasteiger partial charge in [0, 0.05) is 50.7 Å². The van der Waals surface area contributed by atoms with E-state index in [0.717, 1.165) is 87.4 Å². The number of aromatic nitrogens is 3. The second-order valence-corrected chi connectivity index (χ2v) is 14.5. The maximum Gasteiger partial charge on any atom is 0.318 e. The highest BCUT2D eigenvalue weighted by molar-refractivity contribution is 6.03. The SMILES string of the molecule is COc1cccc(/C(N)=C/C2=NCCCN(c3nc(OC[C@@]45CCCN4C[C@H](F)C5)nc4c3CN(C)[C@@]3(CCCc5ccccc53)C4)C2)n1. The summed E-state index contributed by atoms with van der Waals surface area (Å²) in [6.45, 7) is 4.58. The van der Waals surface area contributed by atoms with E-state index in [4.69, 9.17) is 30.2 Å². The molecule has 2 N–H and O–H groups in total. The predicted molar refractivity (Wildman–Crippen MR) is 189 cm³/mol. The Morgan fingerprint density at radius 1 is 1.04 bits per heavy atom. The fourth-order valence-corrected chi connectivity index (χ4v) is 9.08. The van der Waals surface area contributed by atoms with Crippen molar-refractivity contribution in [3.8, 4) is 11.9 Å². The number of ether oxygens (including phenoxy) is 2. The molecule has 10 nitrogen and oxygen atoms in total. The molecule has 1 aliphatic carbocycles. The molecular formula is C38H47FN8O2. The van der Waals surface area contributed by atoms with Gasteiger partial charge in [0.15, 0.2) is 0 Å². The van der Waals surface area contributed by atoms with Crippen LogP contribution in [0.25, 0.3) is 5.70 Å². The van der Waals surface area contributed by atoms with Crippen molar-refractivity contribution in [1.82, 2.24) is 24.8 Å². The number of anilines is 1. The monoisotopic (exact) mass is 666 g/mol. The zero-order valence-corrected chi connectivity index (χ0v) is 28.7. The molecule has 258 valence electrons. The van der Waals surface area contributed by atoms with Crippen LogP contribution < -0.4 is 20.1 Å². The Kier molecular flexibility index (Phi) is 8.52. The molecule has 0 amide bonds. The molecule has 4 aliphatic heterocycles. The third-order valence-electron chi connectivity index (χ3n) is 11.5. The average Bonchev–Trinajstić information content (AvgIpc) is 3.54. The first-order valence-electron chi connectivity index (χ1n) is 17.8. The number of hydrogen-bond acceptors (Lipinski definition) is 10. The summed E-state index contributed by atoms with van der Waals surface area (Å²) in [4.78, 5) is 26.9. The van der Waals surface area contributed by atoms with E-state index in [9.17, 15) is 4.39 Å². The van der Waals surface area contributed by atoms with Crippen molar-refractivity contribution in [2.24, 2.45) is 10.7 Å². The number of rotatable bonds is 7. The number of fused-ring (bicyclic) bond motifs is 4. The fraction of sp³-hybridized carbons (Fsp3) is 0.526. The molecule has 5 aliphatic rings. The van der Waals surface area contributed by atoms with Crippen LogP contribution in [0.2, 0.25) is 0 Å². The Morgan fingerprint density at radius 2 is 1.94 bits per heavy atom. The van der Waals surface area contributed by atoms with Gasteiger partial charge in [0.05, 0.1) is 47.5 Å². The number of nitrogens with zero attached hydrogens (tertiary/aromatic N) is 7. The van der Waals surface area contributed by atoms with Gasteiger partial charge in [-0.25, -0.2) is 9.37 Å². The summed E-state index contributed by atoms with van der Waals surface area (Å²) in [5.41, 5.74) is 13.2. The van der Waals surface area contributed by atoms with E-state index >= 15 is 0 Å². The van der Waals surface area contributed by atoms with Crippen LogP contribution in [0.4, 0.5) is 10.2 Å². The van der Waals surface area contributed by atoms with E-state index in [1.54, 1.807) is 13.2 Å². The first-order chi connectivity index (χ1) is 23.9. The molecule has 0 unspecified atom stereocenters. The van der Waals surface area contributed by atoms with Crippen LogP contribution in [0.5, 0.6) is 11.9 Å². The first kappa shape index (κ1) is 32.1. The van der Waals surface area contributed by atoms with Crippen LogP contribution in [0, 0.1) is 0 Å². The number of alkyl halides is 1. The van der Waals surface area contributed by atoms with Crippen molar-refractivity contribution >= 4 is 17.2 Å². The molecule has 0 radical (unpaired) electrons. The summed E-state index contributed by atoms with van der Waals surface area (Å²) < 4.78 is 26.5. The van der Waals surface area contributed by atoms with Crippen LogP contribution in [0.15, 0.2) is 53.5 Å². The minimum absolute atomic E-state index is 0.134. The Bertz CT molecular complexity index is 1780. The second kappa shape index (κ2) is 13.0. The Hall–Kier alpha value is -4.09. The molecule has 1 spiro atoms. The number of halogens is 1. The topological polar surface area (TPSA) is 105 Å². The third-order valence-corrected chi connectivity index (χ3v) is 11.5. The van der Waals surface area contributed by atoms with E-state index in [1.165, 1.54) is 11.1 Å². The summed E-state index contributed by atoms with van der Waals surface area (Å²) in [5.74, 6) is 1.41. The van der Waals surface area contributed by atoms with Crippen LogP contribution in [-0.4, -0.2) is 95.7 Å². The van der Waals surface area contributed by atoms with Crippen molar-refractivity contribution < 1.29 is 13.9 Å². The summed E-state index contributed by atoms with van der Waals surface area (Å²) in [6, 6.07) is 14.9. The third kappa shape index (κ3) is 5.94. The largest absolute Gasteiger partial charge is 0.481 e. The van der Waals surface area contributed by atoms with Gasteiger partial charge < -0.3 is 20.1 Å². The van der Waals surface area contributed by atoms with Crippen LogP contribution in [0.3, 0.4) is 0 Å². The minimum atomic E-state index is -0.812. The van der Waals surface area contributed by atoms with Crippen molar-refractivity contribution in [2.75, 3.05) is 58.4 Å². The van der Waals surface area contributed by atoms with Crippen LogP contribution in [0.1, 0.15) is 66.6 Å². The number of methoxy groups -OCH3 is 1. The Labute approximate surface area is 288 Å². The van der Waals surface area contributed by atoms with Crippen LogP contribution in [-0.2, 0) is 24.9 Å². The summed E-state index contributed by atoms with van der Waals surface area (Å²) >= 11 is 0. The van der Waals surface area contributed by atoms with Crippen LogP contribution >= 0.6 is 0 Å². The smallest absolute Gasteiger partial charge is 0.318 e. The van der Waals surface area contributed by atoms with E-state index in [-0.39, 0.29) is 11.1 Å². The number of likely N-dealkylation sites (N-methyl/N-ethyl adjacent to an activating group) is 1. The van der Waals surface area contributed by atoms with Gasteiger partial charge >= 0.3 is 6.01 Å². The van der Waals surface area contributed by atoms with Crippen molar-refractivity contribution in [1.29, 1.82) is 0 Å². The van der Waals surface area contributed by atoms with Gasteiger partial charge in [-0.15, -0.1) is 0 Å². The molecule has 0 bridgehead atoms. The van der Waals surface area contributed by atoms with Crippen molar-refractivity contribution in [2.45, 2.75) is 75.2 Å². The normalized spacial score (nSPS) is 27.3. The lowest BCUT2D eigenvalue weighted by atomic mass is 9.71. The number of nitrogens with two attached hydrogens (primary N) is 1. The maximum absolute atomic E-state index is 14.6. The van der Waals surface area contributed by atoms with E-state index in [2.05, 4.69) is 51.0 Å². The van der Waals surface area contributed by atoms with E-state index in [0.29, 0.717) is 55.9 Å². The number of aryl methyl sites for hydroxylation is 1. The lowest BCUT2D eigenvalue weighted by molar-refractivity contribution is 0.0714. The molecule has 3 aromatic rings. The second-order valence-electron chi connectivity index (χ2n) is 14.5. The minimum Gasteiger partial charge on any atom is -0.481 e. The zero-order valence-electron chi connectivity index (χ0n) is 28.7. The first-order valence-corrected chi connectivity index (χ1v) is 17.8. The molecule has 3 atom stereocenters. The molecular weight excluding hydrogens is 619 g/mol. The fourth-order valence-electron chi connectivity index (χ4n) is 9.08. The number of hydrogen-bond donors (Lipinski definition) is 1. The number of pyridine rings is 1. The quantitative estimate of drug-likeness (QED) is 0.384. The summed E-state index contributed by atoms with van der Waals surface area (Å²) in [7, 11) is 3.85. The molecule has 2 aromatic heterocycles. The summed E-state index contributed by atoms with van der Waals surface area (Å²) in [5, 5.41) is 0. The highest BCUT2D eigenvalue weighted by Crippen LogP contribution is 2.47. The van der Waals surface area contributed by atoms with Crippen molar-refractivity contribution in [3.63, 3.8) is 0 Å². The van der Waals surface area contributed by atoms with E-state index < -0.39 is 6.17 Å². The van der Waals surface area contributed by atoms with Crippen molar-refractivity contribution in [3.05, 3.63) is 76.6 Å². The zero-order chi connectivity index (χ0) is 33.6. The van der Waals surface area contributed by atoms with Gasteiger partial charge in [-0.05, 0) is 75.4 Å². The molecule has 6 heterocycles. The number of aliphatic imine (C=N–C) groups is 1. The molecule has 1 aromatic carbocycles. The van der Waals surface area contributed by atoms with Gasteiger partial charge in [-0.3, -0.25) is 14.8 Å². The molecule has 2 fully saturated rings. The Morgan fingerprint density at radius 3 is 2.84 bits per heavy atom. The summed E-state index contributed by atoms with van der Waals surface area (Å²) in [6.07, 6.45) is 8.63. The highest BCUT2D eigenvalue weighted by Gasteiger charge is 2.50. The highest BCUT2D eigenvalue weighted by atomic mass is 19.1. The van der Waals surface area contributed by atoms with Gasteiger partial charge in [0.25, 0.3) is 0 Å². The molecule has 49 heavy (non-hydrogen) atoms. The Balaban J connectivity index is 1.15.